The van der Waals surface area contributed by atoms with Gasteiger partial charge in [-0.3, -0.25) is 39.0 Å². The van der Waals surface area contributed by atoms with Crippen LogP contribution in [0.1, 0.15) is 93.1 Å². The fourth-order valence-corrected chi connectivity index (χ4v) is 9.34. The van der Waals surface area contributed by atoms with Crippen molar-refractivity contribution in [2.24, 2.45) is 10.8 Å². The molecule has 62 heavy (non-hydrogen) atoms. The molecule has 1 saturated carbocycles. The summed E-state index contributed by atoms with van der Waals surface area (Å²) >= 11 is 6.23. The Balaban J connectivity index is 0.771. The number of nitrogens with zero attached hydrogens (tertiary/aromatic N) is 3. The number of anilines is 1. The SMILES string of the molecule is CC1(C)C(NC(=O)c2ccc3c(c2)C(=O)N(CCOCCOCCOCCNc2cccc4c2C(=O)N(C2CCC(=O)NC2=O)C4=O)C3)C(C)(C)C1Oc1ccc(C#N)c(Cl)c1. The Morgan fingerprint density at radius 3 is 2.27 bits per heavy atom. The van der Waals surface area contributed by atoms with Gasteiger partial charge >= 0.3 is 0 Å². The van der Waals surface area contributed by atoms with Gasteiger partial charge in [0.25, 0.3) is 23.6 Å². The maximum absolute atomic E-state index is 13.5. The first-order valence-corrected chi connectivity index (χ1v) is 20.9. The lowest BCUT2D eigenvalue weighted by atomic mass is 9.49. The molecule has 3 aromatic carbocycles. The summed E-state index contributed by atoms with van der Waals surface area (Å²) in [7, 11) is 0. The topological polar surface area (TPSA) is 206 Å². The van der Waals surface area contributed by atoms with Gasteiger partial charge in [0.15, 0.2) is 0 Å². The Labute approximate surface area is 364 Å². The second-order valence-corrected chi connectivity index (χ2v) is 17.2. The molecule has 4 aliphatic rings. The van der Waals surface area contributed by atoms with E-state index >= 15 is 0 Å². The van der Waals surface area contributed by atoms with Crippen LogP contribution < -0.4 is 20.7 Å². The van der Waals surface area contributed by atoms with Crippen molar-refractivity contribution in [2.45, 2.75) is 65.3 Å². The van der Waals surface area contributed by atoms with Gasteiger partial charge in [-0.15, -0.1) is 0 Å². The minimum atomic E-state index is -1.03. The van der Waals surface area contributed by atoms with Gasteiger partial charge in [-0.1, -0.05) is 51.4 Å². The highest BCUT2D eigenvalue weighted by Crippen LogP contribution is 2.55. The molecule has 3 N–H and O–H groups in total. The van der Waals surface area contributed by atoms with E-state index in [-0.39, 0.29) is 47.9 Å². The number of amides is 6. The number of imide groups is 2. The summed E-state index contributed by atoms with van der Waals surface area (Å²) < 4.78 is 23.3. The van der Waals surface area contributed by atoms with Gasteiger partial charge < -0.3 is 34.5 Å². The minimum absolute atomic E-state index is 0.0477. The molecule has 1 saturated heterocycles. The lowest BCUT2D eigenvalue weighted by Crippen LogP contribution is -2.74. The van der Waals surface area contributed by atoms with E-state index in [2.05, 4.69) is 16.0 Å². The van der Waals surface area contributed by atoms with E-state index in [9.17, 15) is 34.0 Å². The van der Waals surface area contributed by atoms with Crippen LogP contribution >= 0.6 is 11.6 Å². The van der Waals surface area contributed by atoms with E-state index in [0.717, 1.165) is 10.5 Å². The molecule has 0 spiro atoms. The molecule has 1 aliphatic carbocycles. The molecular formula is C45H49ClN6O10. The van der Waals surface area contributed by atoms with Crippen molar-refractivity contribution in [3.05, 3.63) is 93.0 Å². The number of benzene rings is 3. The van der Waals surface area contributed by atoms with E-state index in [4.69, 9.17) is 30.5 Å². The number of halogens is 1. The van der Waals surface area contributed by atoms with Crippen molar-refractivity contribution in [1.29, 1.82) is 5.26 Å². The lowest BCUT2D eigenvalue weighted by molar-refractivity contribution is -0.164. The number of nitriles is 1. The van der Waals surface area contributed by atoms with Crippen LogP contribution in [0.25, 0.3) is 0 Å². The maximum Gasteiger partial charge on any atom is 0.264 e. The minimum Gasteiger partial charge on any atom is -0.489 e. The highest BCUT2D eigenvalue weighted by Gasteiger charge is 2.64. The van der Waals surface area contributed by atoms with Crippen molar-refractivity contribution in [1.82, 2.24) is 20.4 Å². The molecule has 3 heterocycles. The summed E-state index contributed by atoms with van der Waals surface area (Å²) in [5.41, 5.74) is 2.07. The molecule has 7 rings (SSSR count). The molecular weight excluding hydrogens is 820 g/mol. The largest absolute Gasteiger partial charge is 0.489 e. The molecule has 3 aromatic rings. The third kappa shape index (κ3) is 8.76. The quantitative estimate of drug-likeness (QED) is 0.121. The number of ether oxygens (including phenoxy) is 4. The Morgan fingerprint density at radius 1 is 0.871 bits per heavy atom. The Kier molecular flexibility index (Phi) is 13.0. The van der Waals surface area contributed by atoms with E-state index in [1.807, 2.05) is 39.8 Å². The Morgan fingerprint density at radius 2 is 1.58 bits per heavy atom. The van der Waals surface area contributed by atoms with E-state index < -0.39 is 40.5 Å². The van der Waals surface area contributed by atoms with Gasteiger partial charge in [0.2, 0.25) is 11.8 Å². The first-order valence-electron chi connectivity index (χ1n) is 20.5. The summed E-state index contributed by atoms with van der Waals surface area (Å²) in [6.07, 6.45) is -0.118. The Bertz CT molecular complexity index is 2330. The second-order valence-electron chi connectivity index (χ2n) is 16.8. The number of hydrogen-bond acceptors (Lipinski definition) is 12. The number of fused-ring (bicyclic) bond motifs is 2. The molecule has 17 heteroatoms. The van der Waals surface area contributed by atoms with Crippen LogP contribution in [0.2, 0.25) is 5.02 Å². The molecule has 2 fully saturated rings. The van der Waals surface area contributed by atoms with Crippen molar-refractivity contribution < 1.29 is 47.7 Å². The fourth-order valence-electron chi connectivity index (χ4n) is 9.13. The number of carbonyl (C=O) groups excluding carboxylic acids is 6. The summed E-state index contributed by atoms with van der Waals surface area (Å²) in [4.78, 5) is 79.7. The van der Waals surface area contributed by atoms with E-state index in [0.29, 0.717) is 92.4 Å². The number of nitrogens with one attached hydrogen (secondary N) is 3. The molecule has 0 aromatic heterocycles. The maximum atomic E-state index is 13.5. The van der Waals surface area contributed by atoms with Gasteiger partial charge in [0, 0.05) is 65.8 Å². The average Bonchev–Trinajstić information content (AvgIpc) is 3.69. The van der Waals surface area contributed by atoms with Crippen LogP contribution in [0.5, 0.6) is 5.75 Å². The predicted octanol–water partition coefficient (Wildman–Crippen LogP) is 4.34. The number of hydrogen-bond donors (Lipinski definition) is 3. The zero-order valence-electron chi connectivity index (χ0n) is 35.0. The van der Waals surface area contributed by atoms with Gasteiger partial charge in [-0.05, 0) is 48.4 Å². The molecule has 0 radical (unpaired) electrons. The van der Waals surface area contributed by atoms with Crippen LogP contribution in [0.15, 0.2) is 54.6 Å². The van der Waals surface area contributed by atoms with Crippen LogP contribution in [-0.4, -0.2) is 116 Å². The normalized spacial score (nSPS) is 20.9. The molecule has 0 bridgehead atoms. The molecule has 16 nitrogen and oxygen atoms in total. The molecule has 1 unspecified atom stereocenters. The number of carbonyl (C=O) groups is 6. The van der Waals surface area contributed by atoms with Crippen LogP contribution in [0, 0.1) is 22.2 Å². The summed E-state index contributed by atoms with van der Waals surface area (Å²) in [6, 6.07) is 15.8. The highest BCUT2D eigenvalue weighted by atomic mass is 35.5. The molecule has 6 amide bonds. The smallest absolute Gasteiger partial charge is 0.264 e. The molecule has 1 atom stereocenters. The lowest BCUT2D eigenvalue weighted by Gasteiger charge is -2.63. The van der Waals surface area contributed by atoms with E-state index in [1.54, 1.807) is 47.4 Å². The Hall–Kier alpha value is -5.86. The van der Waals surface area contributed by atoms with Gasteiger partial charge in [-0.25, -0.2) is 0 Å². The number of piperidine rings is 1. The number of rotatable bonds is 18. The van der Waals surface area contributed by atoms with Gasteiger partial charge in [0.05, 0.1) is 61.4 Å². The highest BCUT2D eigenvalue weighted by molar-refractivity contribution is 6.31. The van der Waals surface area contributed by atoms with Gasteiger partial charge in [-0.2, -0.15) is 5.26 Å². The predicted molar refractivity (Wildman–Crippen MR) is 225 cm³/mol. The van der Waals surface area contributed by atoms with Gasteiger partial charge in [0.1, 0.15) is 24.0 Å². The van der Waals surface area contributed by atoms with Crippen LogP contribution in [0.3, 0.4) is 0 Å². The summed E-state index contributed by atoms with van der Waals surface area (Å²) in [5, 5.41) is 18.0. The van der Waals surface area contributed by atoms with Crippen LogP contribution in [0.4, 0.5) is 5.69 Å². The standard InChI is InChI=1S/C45H49ClN6O10/c1-44(2)42(45(3,4)43(44)62-29-11-10-27(24-47)32(46)23-29)50-37(54)26-8-9-28-25-51(39(56)31(28)22-26)15-17-60-19-21-61-20-18-59-16-14-48-33-7-5-6-30-36(33)41(58)52(40(30)57)34-12-13-35(53)49-38(34)55/h5-11,22-23,34,42-43,48H,12-21,25H2,1-4H3,(H,50,54)(H,49,53,55). The molecule has 326 valence electrons. The zero-order valence-corrected chi connectivity index (χ0v) is 35.8. The van der Waals surface area contributed by atoms with Crippen molar-refractivity contribution in [3.63, 3.8) is 0 Å². The third-order valence-corrected chi connectivity index (χ3v) is 12.3. The third-order valence-electron chi connectivity index (χ3n) is 12.0. The zero-order chi connectivity index (χ0) is 44.3. The summed E-state index contributed by atoms with van der Waals surface area (Å²) in [6.45, 7) is 11.2. The van der Waals surface area contributed by atoms with Crippen molar-refractivity contribution in [3.8, 4) is 11.8 Å². The van der Waals surface area contributed by atoms with Crippen molar-refractivity contribution >= 4 is 52.7 Å². The first-order chi connectivity index (χ1) is 29.6. The first kappa shape index (κ1) is 44.2. The average molecular weight is 869 g/mol. The van der Waals surface area contributed by atoms with Crippen molar-refractivity contribution in [2.75, 3.05) is 58.0 Å². The fraction of sp³-hybridized carbons (Fsp3) is 0.444. The van der Waals surface area contributed by atoms with Crippen LogP contribution in [-0.2, 0) is 30.3 Å². The monoisotopic (exact) mass is 868 g/mol. The van der Waals surface area contributed by atoms with E-state index in [1.165, 1.54) is 6.07 Å². The molecule has 3 aliphatic heterocycles. The summed E-state index contributed by atoms with van der Waals surface area (Å²) in [5.74, 6) is -2.12. The second kappa shape index (κ2) is 18.2.